The second-order valence-corrected chi connectivity index (χ2v) is 9.37. The van der Waals surface area contributed by atoms with Crippen LogP contribution in [-0.4, -0.2) is 69.1 Å². The van der Waals surface area contributed by atoms with Gasteiger partial charge in [-0.1, -0.05) is 18.6 Å². The van der Waals surface area contributed by atoms with E-state index in [2.05, 4.69) is 0 Å². The van der Waals surface area contributed by atoms with Gasteiger partial charge in [0.1, 0.15) is 22.8 Å². The summed E-state index contributed by atoms with van der Waals surface area (Å²) in [5.74, 6) is -0.602. The fourth-order valence-corrected chi connectivity index (χ4v) is 4.68. The number of benzene rings is 2. The van der Waals surface area contributed by atoms with Crippen LogP contribution in [0.15, 0.2) is 42.5 Å². The fraction of sp³-hybridized carbons (Fsp3) is 0.500. The molecule has 1 saturated heterocycles. The van der Waals surface area contributed by atoms with E-state index in [-0.39, 0.29) is 24.8 Å². The van der Waals surface area contributed by atoms with Crippen molar-refractivity contribution in [3.8, 4) is 17.2 Å². The highest BCUT2D eigenvalue weighted by atomic mass is 19.4. The highest BCUT2D eigenvalue weighted by molar-refractivity contribution is 5.92. The Morgan fingerprint density at radius 1 is 0.974 bits per heavy atom. The van der Waals surface area contributed by atoms with Crippen molar-refractivity contribution in [3.63, 3.8) is 0 Å². The molecule has 2 aromatic rings. The van der Waals surface area contributed by atoms with Crippen LogP contribution in [0.3, 0.4) is 0 Å². The van der Waals surface area contributed by atoms with E-state index in [1.165, 1.54) is 33.5 Å². The highest BCUT2D eigenvalue weighted by Gasteiger charge is 2.62. The van der Waals surface area contributed by atoms with Crippen molar-refractivity contribution in [2.24, 2.45) is 5.92 Å². The predicted octanol–water partition coefficient (Wildman–Crippen LogP) is 4.73. The van der Waals surface area contributed by atoms with Gasteiger partial charge in [0.25, 0.3) is 11.5 Å². The van der Waals surface area contributed by atoms with Gasteiger partial charge in [0, 0.05) is 24.7 Å². The van der Waals surface area contributed by atoms with Crippen LogP contribution in [0.5, 0.6) is 17.2 Å². The maximum atomic E-state index is 14.0. The standard InChI is InChI=1S/C28H34F3NO7/c1-36-21-9-6-8-20(17-21)27(35,28(29,30)31)26(34)32-14-12-19(13-15-32)7-4-5-16-39-22-10-11-23(25(33)38-3)24(18-22)37-2/h6,8-11,17-19,35H,4-5,7,12-16H2,1-3H3/t27-/m0/s1. The molecule has 0 radical (unpaired) electrons. The van der Waals surface area contributed by atoms with Crippen molar-refractivity contribution in [2.45, 2.75) is 43.9 Å². The molecular weight excluding hydrogens is 519 g/mol. The number of esters is 1. The molecule has 1 fully saturated rings. The lowest BCUT2D eigenvalue weighted by Gasteiger charge is -2.38. The van der Waals surface area contributed by atoms with Gasteiger partial charge in [-0.05, 0) is 55.9 Å². The lowest BCUT2D eigenvalue weighted by Crippen LogP contribution is -2.57. The van der Waals surface area contributed by atoms with Crippen LogP contribution < -0.4 is 14.2 Å². The van der Waals surface area contributed by atoms with E-state index in [9.17, 15) is 27.9 Å². The van der Waals surface area contributed by atoms with Crippen LogP contribution in [0.1, 0.15) is 48.0 Å². The number of ether oxygens (including phenoxy) is 4. The topological polar surface area (TPSA) is 94.5 Å². The van der Waals surface area contributed by atoms with Crippen molar-refractivity contribution in [1.82, 2.24) is 4.90 Å². The van der Waals surface area contributed by atoms with Gasteiger partial charge >= 0.3 is 12.1 Å². The van der Waals surface area contributed by atoms with Crippen LogP contribution >= 0.6 is 0 Å². The number of nitrogens with zero attached hydrogens (tertiary/aromatic N) is 1. The number of amides is 1. The third kappa shape index (κ3) is 6.95. The smallest absolute Gasteiger partial charge is 0.430 e. The van der Waals surface area contributed by atoms with E-state index >= 15 is 0 Å². The minimum absolute atomic E-state index is 0.114. The molecule has 3 rings (SSSR count). The zero-order chi connectivity index (χ0) is 28.6. The molecule has 11 heteroatoms. The Bertz CT molecular complexity index is 1130. The second-order valence-electron chi connectivity index (χ2n) is 9.37. The lowest BCUT2D eigenvalue weighted by molar-refractivity contribution is -0.262. The van der Waals surface area contributed by atoms with Gasteiger partial charge in [0.05, 0.1) is 27.9 Å². The van der Waals surface area contributed by atoms with E-state index in [1.54, 1.807) is 18.2 Å². The number of halogens is 3. The van der Waals surface area contributed by atoms with E-state index in [0.29, 0.717) is 36.5 Å². The second kappa shape index (κ2) is 13.1. The normalized spacial score (nSPS) is 15.8. The fourth-order valence-electron chi connectivity index (χ4n) is 4.68. The summed E-state index contributed by atoms with van der Waals surface area (Å²) >= 11 is 0. The number of aliphatic hydroxyl groups is 1. The molecule has 0 spiro atoms. The number of carbonyl (C=O) groups excluding carboxylic acids is 2. The zero-order valence-corrected chi connectivity index (χ0v) is 22.3. The van der Waals surface area contributed by atoms with Gasteiger partial charge in [0.15, 0.2) is 0 Å². The summed E-state index contributed by atoms with van der Waals surface area (Å²) in [6.07, 6.45) is -1.67. The Kier molecular flexibility index (Phi) is 10.1. The van der Waals surface area contributed by atoms with Crippen molar-refractivity contribution in [2.75, 3.05) is 41.0 Å². The Hall–Kier alpha value is -3.47. The molecule has 1 aliphatic heterocycles. The van der Waals surface area contributed by atoms with Gasteiger partial charge in [0.2, 0.25) is 0 Å². The number of hydrogen-bond donors (Lipinski definition) is 1. The quantitative estimate of drug-likeness (QED) is 0.318. The Morgan fingerprint density at radius 2 is 1.69 bits per heavy atom. The minimum atomic E-state index is -5.20. The number of hydrogen-bond acceptors (Lipinski definition) is 7. The number of likely N-dealkylation sites (tertiary alicyclic amines) is 1. The van der Waals surface area contributed by atoms with Crippen LogP contribution in [-0.2, 0) is 15.1 Å². The Balaban J connectivity index is 1.48. The number of piperidine rings is 1. The molecule has 2 aromatic carbocycles. The number of unbranched alkanes of at least 4 members (excludes halogenated alkanes) is 1. The number of methoxy groups -OCH3 is 3. The molecule has 1 aliphatic rings. The van der Waals surface area contributed by atoms with Crippen LogP contribution in [0.25, 0.3) is 0 Å². The van der Waals surface area contributed by atoms with Gasteiger partial charge in [-0.15, -0.1) is 0 Å². The molecule has 0 bridgehead atoms. The van der Waals surface area contributed by atoms with Crippen molar-refractivity contribution < 1.29 is 46.8 Å². The predicted molar refractivity (Wildman–Crippen MR) is 136 cm³/mol. The molecule has 1 amide bonds. The van der Waals surface area contributed by atoms with E-state index in [1.807, 2.05) is 0 Å². The first-order valence-electron chi connectivity index (χ1n) is 12.7. The molecule has 0 saturated carbocycles. The Morgan fingerprint density at radius 3 is 2.31 bits per heavy atom. The summed E-state index contributed by atoms with van der Waals surface area (Å²) in [4.78, 5) is 25.8. The highest BCUT2D eigenvalue weighted by Crippen LogP contribution is 2.42. The van der Waals surface area contributed by atoms with Crippen LogP contribution in [0, 0.1) is 5.92 Å². The van der Waals surface area contributed by atoms with Gasteiger partial charge in [-0.25, -0.2) is 4.79 Å². The first kappa shape index (κ1) is 30.1. The third-order valence-corrected chi connectivity index (χ3v) is 6.96. The minimum Gasteiger partial charge on any atom is -0.497 e. The van der Waals surface area contributed by atoms with Crippen molar-refractivity contribution in [3.05, 3.63) is 53.6 Å². The largest absolute Gasteiger partial charge is 0.497 e. The third-order valence-electron chi connectivity index (χ3n) is 6.96. The van der Waals surface area contributed by atoms with Gasteiger partial charge in [-0.3, -0.25) is 4.79 Å². The summed E-state index contributed by atoms with van der Waals surface area (Å²) in [7, 11) is 4.04. The molecule has 1 heterocycles. The summed E-state index contributed by atoms with van der Waals surface area (Å²) in [6, 6.07) is 9.71. The average Bonchev–Trinajstić information content (AvgIpc) is 2.95. The molecule has 0 aromatic heterocycles. The summed E-state index contributed by atoms with van der Waals surface area (Å²) in [5, 5.41) is 10.7. The van der Waals surface area contributed by atoms with Crippen LogP contribution in [0.4, 0.5) is 13.2 Å². The van der Waals surface area contributed by atoms with Crippen molar-refractivity contribution in [1.29, 1.82) is 0 Å². The molecule has 1 atom stereocenters. The summed E-state index contributed by atoms with van der Waals surface area (Å²) < 4.78 is 62.7. The molecule has 0 aliphatic carbocycles. The van der Waals surface area contributed by atoms with E-state index in [0.717, 1.165) is 36.3 Å². The van der Waals surface area contributed by atoms with Crippen molar-refractivity contribution >= 4 is 11.9 Å². The first-order valence-corrected chi connectivity index (χ1v) is 12.7. The molecule has 39 heavy (non-hydrogen) atoms. The summed E-state index contributed by atoms with van der Waals surface area (Å²) in [6.45, 7) is 0.709. The SMILES string of the molecule is COC(=O)c1ccc(OCCCCC2CCN(C(=O)[C@@](O)(c3cccc(OC)c3)C(F)(F)F)CC2)cc1OC. The number of alkyl halides is 3. The van der Waals surface area contributed by atoms with Crippen LogP contribution in [0.2, 0.25) is 0 Å². The molecule has 8 nitrogen and oxygen atoms in total. The van der Waals surface area contributed by atoms with Gasteiger partial charge in [-0.2, -0.15) is 13.2 Å². The molecular formula is C28H34F3NO7. The lowest BCUT2D eigenvalue weighted by atomic mass is 9.87. The molecule has 1 N–H and O–H groups in total. The number of rotatable bonds is 11. The maximum absolute atomic E-state index is 14.0. The molecule has 214 valence electrons. The van der Waals surface area contributed by atoms with E-state index in [4.69, 9.17) is 18.9 Å². The average molecular weight is 554 g/mol. The van der Waals surface area contributed by atoms with Gasteiger partial charge < -0.3 is 29.0 Å². The number of carbonyl (C=O) groups is 2. The molecule has 0 unspecified atom stereocenters. The first-order chi connectivity index (χ1) is 18.5. The zero-order valence-electron chi connectivity index (χ0n) is 22.3. The van der Waals surface area contributed by atoms with E-state index < -0.39 is 29.2 Å². The maximum Gasteiger partial charge on any atom is 0.430 e. The monoisotopic (exact) mass is 553 g/mol. The Labute approximate surface area is 225 Å². The summed E-state index contributed by atoms with van der Waals surface area (Å²) in [5.41, 5.74) is -3.92.